The van der Waals surface area contributed by atoms with Gasteiger partial charge in [0, 0.05) is 10.2 Å². The van der Waals surface area contributed by atoms with Crippen LogP contribution < -0.4 is 0 Å². The molecule has 0 nitrogen and oxygen atoms in total. The topological polar surface area (TPSA) is 0 Å². The van der Waals surface area contributed by atoms with Gasteiger partial charge in [-0.2, -0.15) is 12.2 Å². The first-order valence-electron chi connectivity index (χ1n) is 4.64. The molecule has 0 atom stereocenters. The van der Waals surface area contributed by atoms with Gasteiger partial charge in [0.15, 0.2) is 0 Å². The first-order valence-corrected chi connectivity index (χ1v) is 5.64. The molecule has 0 amide bonds. The third-order valence-electron chi connectivity index (χ3n) is 1.17. The van der Waals surface area contributed by atoms with Crippen molar-refractivity contribution in [2.45, 2.75) is 25.8 Å². The van der Waals surface area contributed by atoms with Crippen LogP contribution in [0.15, 0.2) is 36.5 Å². The Kier molecular flexibility index (Phi) is 18.3. The van der Waals surface area contributed by atoms with E-state index >= 15 is 0 Å². The third-order valence-corrected chi connectivity index (χ3v) is 1.17. The van der Waals surface area contributed by atoms with Crippen LogP contribution in [0.5, 0.6) is 0 Å². The Hall–Kier alpha value is 0.0600. The van der Waals surface area contributed by atoms with Crippen molar-refractivity contribution in [3.63, 3.8) is 0 Å². The molecule has 0 aromatic rings. The first-order chi connectivity index (χ1) is 6.41. The van der Waals surface area contributed by atoms with E-state index < -0.39 is 0 Å². The molecule has 0 aromatic heterocycles. The van der Waals surface area contributed by atoms with Crippen LogP contribution in [0.25, 0.3) is 0 Å². The van der Waals surface area contributed by atoms with E-state index in [2.05, 4.69) is 31.2 Å². The normalized spacial score (nSPS) is 13.9. The predicted molar refractivity (Wildman–Crippen MR) is 62.2 cm³/mol. The summed E-state index contributed by atoms with van der Waals surface area (Å²) in [4.78, 5) is 0. The van der Waals surface area contributed by atoms with Crippen LogP contribution in [0.2, 0.25) is 6.04 Å². The maximum Gasteiger partial charge on any atom is 2.00 e. The van der Waals surface area contributed by atoms with Gasteiger partial charge in [-0.3, -0.25) is 12.2 Å². The van der Waals surface area contributed by atoms with Crippen molar-refractivity contribution in [1.82, 2.24) is 0 Å². The summed E-state index contributed by atoms with van der Waals surface area (Å²) in [7, 11) is 1.97. The van der Waals surface area contributed by atoms with E-state index in [-0.39, 0.29) is 26.2 Å². The minimum absolute atomic E-state index is 0. The van der Waals surface area contributed by atoms with E-state index in [1.807, 2.05) is 34.5 Å². The molecule has 1 radical (unpaired) electrons. The second-order valence-corrected chi connectivity index (χ2v) is 3.51. The molecule has 0 aliphatic heterocycles. The Balaban J connectivity index is 0. The van der Waals surface area contributed by atoms with Gasteiger partial charge in [-0.25, -0.2) is 24.3 Å². The van der Waals surface area contributed by atoms with Gasteiger partial charge >= 0.3 is 26.2 Å². The summed E-state index contributed by atoms with van der Waals surface area (Å²) >= 11 is 0. The molecule has 0 saturated heterocycles. The van der Waals surface area contributed by atoms with Crippen LogP contribution >= 0.6 is 0 Å². The Morgan fingerprint density at radius 1 is 1.07 bits per heavy atom. The minimum Gasteiger partial charge on any atom is -0.273 e. The summed E-state index contributed by atoms with van der Waals surface area (Å²) in [6.07, 6.45) is 20.0. The minimum atomic E-state index is 0. The molecule has 2 aliphatic carbocycles. The molecule has 0 heterocycles. The molecule has 0 fully saturated rings. The molecule has 14 heavy (non-hydrogen) atoms. The van der Waals surface area contributed by atoms with E-state index in [9.17, 15) is 0 Å². The number of hydrogen-bond acceptors (Lipinski definition) is 0. The number of allylic oxidation sites excluding steroid dienone is 8. The number of rotatable bonds is 0. The van der Waals surface area contributed by atoms with Crippen LogP contribution in [-0.4, -0.2) is 10.2 Å². The van der Waals surface area contributed by atoms with E-state index in [1.165, 1.54) is 6.04 Å². The molecule has 0 aromatic carbocycles. The summed E-state index contributed by atoms with van der Waals surface area (Å²) < 4.78 is 0. The van der Waals surface area contributed by atoms with E-state index in [0.717, 1.165) is 12.8 Å². The molecule has 0 bridgehead atoms. The smallest absolute Gasteiger partial charge is 0.273 e. The average molecular weight is 281 g/mol. The maximum atomic E-state index is 2.99. The number of hydrogen-bond donors (Lipinski definition) is 0. The van der Waals surface area contributed by atoms with Gasteiger partial charge in [0.2, 0.25) is 0 Å². The molecule has 0 N–H and O–H groups in total. The van der Waals surface area contributed by atoms with Crippen molar-refractivity contribution >= 4 is 10.2 Å². The van der Waals surface area contributed by atoms with Gasteiger partial charge in [-0.05, 0) is 0 Å². The molecule has 0 spiro atoms. The maximum absolute atomic E-state index is 2.99. The molecule has 2 heteroatoms. The SMILES string of the molecule is CC[SiH2].[C-]1=CC=CC1.[C-]1=CC=CC1.[Zr+2]. The third kappa shape index (κ3) is 14.6. The van der Waals surface area contributed by atoms with Crippen molar-refractivity contribution in [1.29, 1.82) is 0 Å². The molecule has 73 valence electrons. The second kappa shape index (κ2) is 15.5. The Labute approximate surface area is 110 Å². The summed E-state index contributed by atoms with van der Waals surface area (Å²) in [6, 6.07) is 1.28. The predicted octanol–water partition coefficient (Wildman–Crippen LogP) is 2.67. The Bertz CT molecular complexity index is 160. The Morgan fingerprint density at radius 2 is 1.43 bits per heavy atom. The van der Waals surface area contributed by atoms with E-state index in [0.29, 0.717) is 0 Å². The zero-order valence-corrected chi connectivity index (χ0v) is 12.7. The van der Waals surface area contributed by atoms with Crippen LogP contribution in [0.4, 0.5) is 0 Å². The van der Waals surface area contributed by atoms with Crippen LogP contribution in [0.1, 0.15) is 19.8 Å². The average Bonchev–Trinajstić information content (AvgIpc) is 2.85. The van der Waals surface area contributed by atoms with Gasteiger partial charge in [-0.1, -0.05) is 13.0 Å². The van der Waals surface area contributed by atoms with Crippen molar-refractivity contribution in [2.75, 3.05) is 0 Å². The van der Waals surface area contributed by atoms with Crippen molar-refractivity contribution in [3.05, 3.63) is 48.6 Å². The standard InChI is InChI=1S/2C5H5.C2H7Si.Zr/c2*1-2-4-5-3-1;1-2-3;/h2*1-3H,4H2;2-3H2,1H3;/q2*-1;;+2. The fourth-order valence-corrected chi connectivity index (χ4v) is 0.680. The van der Waals surface area contributed by atoms with Crippen LogP contribution in [-0.2, 0) is 26.2 Å². The van der Waals surface area contributed by atoms with Crippen molar-refractivity contribution < 1.29 is 26.2 Å². The fourth-order valence-electron chi connectivity index (χ4n) is 0.680. The molecule has 2 rings (SSSR count). The van der Waals surface area contributed by atoms with Gasteiger partial charge in [0.05, 0.1) is 0 Å². The van der Waals surface area contributed by atoms with E-state index in [4.69, 9.17) is 0 Å². The molecular weight excluding hydrogens is 263 g/mol. The molecular formula is C12H17SiZr. The zero-order chi connectivity index (χ0) is 9.78. The molecule has 2 aliphatic rings. The van der Waals surface area contributed by atoms with Crippen LogP contribution in [0.3, 0.4) is 0 Å². The van der Waals surface area contributed by atoms with E-state index in [1.54, 1.807) is 0 Å². The van der Waals surface area contributed by atoms with Gasteiger partial charge < -0.3 is 0 Å². The first kappa shape index (κ1) is 16.5. The molecule has 0 unspecified atom stereocenters. The monoisotopic (exact) mass is 279 g/mol. The quantitative estimate of drug-likeness (QED) is 0.473. The van der Waals surface area contributed by atoms with Gasteiger partial charge in [0.25, 0.3) is 0 Å². The largest absolute Gasteiger partial charge is 2.00 e. The summed E-state index contributed by atoms with van der Waals surface area (Å²) in [5.41, 5.74) is 0. The van der Waals surface area contributed by atoms with Gasteiger partial charge in [-0.15, -0.1) is 12.8 Å². The summed E-state index contributed by atoms with van der Waals surface area (Å²) in [5, 5.41) is 0. The molecule has 0 saturated carbocycles. The van der Waals surface area contributed by atoms with Crippen molar-refractivity contribution in [3.8, 4) is 0 Å². The van der Waals surface area contributed by atoms with Crippen molar-refractivity contribution in [2.24, 2.45) is 0 Å². The van der Waals surface area contributed by atoms with Gasteiger partial charge in [0.1, 0.15) is 0 Å². The zero-order valence-electron chi connectivity index (χ0n) is 8.79. The van der Waals surface area contributed by atoms with Crippen LogP contribution in [0, 0.1) is 12.2 Å². The Morgan fingerprint density at radius 3 is 1.50 bits per heavy atom. The summed E-state index contributed by atoms with van der Waals surface area (Å²) in [5.74, 6) is 0. The summed E-state index contributed by atoms with van der Waals surface area (Å²) in [6.45, 7) is 2.14. The fraction of sp³-hybridized carbons (Fsp3) is 0.333. The second-order valence-electron chi connectivity index (χ2n) is 2.51.